The third-order valence-corrected chi connectivity index (χ3v) is 4.40. The van der Waals surface area contributed by atoms with Crippen LogP contribution in [0.1, 0.15) is 25.6 Å². The van der Waals surface area contributed by atoms with Crippen LogP contribution < -0.4 is 4.72 Å². The highest BCUT2D eigenvalue weighted by molar-refractivity contribution is 7.93. The van der Waals surface area contributed by atoms with Gasteiger partial charge in [-0.25, -0.2) is 17.8 Å². The molecule has 2 aromatic rings. The molecule has 0 atom stereocenters. The van der Waals surface area contributed by atoms with Crippen LogP contribution in [0.5, 0.6) is 0 Å². The third kappa shape index (κ3) is 3.27. The number of halogens is 1. The maximum atomic E-state index is 13.0. The monoisotopic (exact) mass is 301 g/mol. The normalized spacial score (nSPS) is 11.8. The van der Waals surface area contributed by atoms with E-state index in [0.29, 0.717) is 5.82 Å². The molecule has 0 spiro atoms. The van der Waals surface area contributed by atoms with Crippen molar-refractivity contribution in [1.82, 2.24) is 9.36 Å². The van der Waals surface area contributed by atoms with E-state index >= 15 is 0 Å². The van der Waals surface area contributed by atoms with Crippen LogP contribution in [0.25, 0.3) is 0 Å². The van der Waals surface area contributed by atoms with E-state index in [0.717, 1.165) is 17.6 Å². The molecule has 1 N–H and O–H groups in total. The minimum atomic E-state index is -3.83. The molecule has 19 heavy (non-hydrogen) atoms. The molecule has 5 nitrogen and oxygen atoms in total. The molecule has 0 aliphatic heterocycles. The minimum Gasteiger partial charge on any atom is -0.253 e. The SMILES string of the molecule is CC(C)c1nsc(NS(=O)(=O)c2cccc(F)c2)n1. The molecular formula is C11H12FN3O2S2. The van der Waals surface area contributed by atoms with E-state index in [9.17, 15) is 12.8 Å². The number of anilines is 1. The molecule has 102 valence electrons. The van der Waals surface area contributed by atoms with Gasteiger partial charge in [-0.05, 0) is 18.2 Å². The second-order valence-electron chi connectivity index (χ2n) is 4.18. The predicted octanol–water partition coefficient (Wildman–Crippen LogP) is 2.60. The van der Waals surface area contributed by atoms with E-state index in [1.165, 1.54) is 18.2 Å². The molecule has 0 aliphatic rings. The van der Waals surface area contributed by atoms with E-state index in [4.69, 9.17) is 0 Å². The molecule has 0 fully saturated rings. The summed E-state index contributed by atoms with van der Waals surface area (Å²) >= 11 is 0.958. The fourth-order valence-electron chi connectivity index (χ4n) is 1.32. The summed E-state index contributed by atoms with van der Waals surface area (Å²) < 4.78 is 43.3. The number of hydrogen-bond donors (Lipinski definition) is 1. The fraction of sp³-hybridized carbons (Fsp3) is 0.273. The van der Waals surface area contributed by atoms with Crippen LogP contribution in [0, 0.1) is 5.82 Å². The number of nitrogens with zero attached hydrogens (tertiary/aromatic N) is 2. The highest BCUT2D eigenvalue weighted by Crippen LogP contribution is 2.21. The second-order valence-corrected chi connectivity index (χ2v) is 6.61. The number of rotatable bonds is 4. The summed E-state index contributed by atoms with van der Waals surface area (Å²) in [4.78, 5) is 3.92. The predicted molar refractivity (Wildman–Crippen MR) is 71.2 cm³/mol. The second kappa shape index (κ2) is 5.22. The van der Waals surface area contributed by atoms with Gasteiger partial charge in [0.25, 0.3) is 10.0 Å². The minimum absolute atomic E-state index is 0.115. The molecule has 1 aromatic heterocycles. The maximum absolute atomic E-state index is 13.0. The van der Waals surface area contributed by atoms with Crippen LogP contribution in [0.2, 0.25) is 0 Å². The van der Waals surface area contributed by atoms with Gasteiger partial charge in [-0.3, -0.25) is 4.72 Å². The van der Waals surface area contributed by atoms with E-state index in [2.05, 4.69) is 14.1 Å². The first-order valence-corrected chi connectivity index (χ1v) is 7.76. The number of hydrogen-bond acceptors (Lipinski definition) is 5. The standard InChI is InChI=1S/C11H12FN3O2S2/c1-7(2)10-13-11(18-14-10)15-19(16,17)9-5-3-4-8(12)6-9/h3-7H,1-2H3,(H,13,14,15). The maximum Gasteiger partial charge on any atom is 0.263 e. The summed E-state index contributed by atoms with van der Waals surface area (Å²) in [6.45, 7) is 3.82. The molecule has 1 aromatic carbocycles. The van der Waals surface area contributed by atoms with Crippen molar-refractivity contribution in [3.8, 4) is 0 Å². The van der Waals surface area contributed by atoms with Gasteiger partial charge in [-0.15, -0.1) is 0 Å². The van der Waals surface area contributed by atoms with Crippen LogP contribution in [0.3, 0.4) is 0 Å². The van der Waals surface area contributed by atoms with Crippen molar-refractivity contribution in [3.63, 3.8) is 0 Å². The lowest BCUT2D eigenvalue weighted by molar-refractivity contribution is 0.595. The lowest BCUT2D eigenvalue weighted by atomic mass is 10.2. The Bertz CT molecular complexity index is 683. The summed E-state index contributed by atoms with van der Waals surface area (Å²) in [5.41, 5.74) is 0. The summed E-state index contributed by atoms with van der Waals surface area (Å²) in [6, 6.07) is 4.78. The average molecular weight is 301 g/mol. The fourth-order valence-corrected chi connectivity index (χ4v) is 3.28. The van der Waals surface area contributed by atoms with Gasteiger partial charge in [-0.1, -0.05) is 19.9 Å². The number of benzene rings is 1. The lowest BCUT2D eigenvalue weighted by Gasteiger charge is -2.04. The van der Waals surface area contributed by atoms with E-state index in [-0.39, 0.29) is 15.9 Å². The molecule has 0 aliphatic carbocycles. The molecule has 0 unspecified atom stereocenters. The van der Waals surface area contributed by atoms with Gasteiger partial charge in [0.2, 0.25) is 5.13 Å². The Labute approximate surface area is 114 Å². The Balaban J connectivity index is 2.26. The van der Waals surface area contributed by atoms with Gasteiger partial charge < -0.3 is 0 Å². The zero-order valence-corrected chi connectivity index (χ0v) is 11.9. The molecule has 0 amide bonds. The van der Waals surface area contributed by atoms with Gasteiger partial charge in [0.15, 0.2) is 0 Å². The summed E-state index contributed by atoms with van der Waals surface area (Å²) in [7, 11) is -3.83. The van der Waals surface area contributed by atoms with Crippen molar-refractivity contribution in [2.45, 2.75) is 24.7 Å². The topological polar surface area (TPSA) is 72.0 Å². The Hall–Kier alpha value is -1.54. The zero-order chi connectivity index (χ0) is 14.0. The molecule has 2 rings (SSSR count). The largest absolute Gasteiger partial charge is 0.263 e. The Kier molecular flexibility index (Phi) is 3.81. The van der Waals surface area contributed by atoms with Crippen LogP contribution in [-0.4, -0.2) is 17.8 Å². The van der Waals surface area contributed by atoms with Gasteiger partial charge in [0.1, 0.15) is 11.6 Å². The smallest absolute Gasteiger partial charge is 0.253 e. The highest BCUT2D eigenvalue weighted by atomic mass is 32.2. The van der Waals surface area contributed by atoms with Crippen LogP contribution in [0.15, 0.2) is 29.2 Å². The van der Waals surface area contributed by atoms with Crippen molar-refractivity contribution in [2.75, 3.05) is 4.72 Å². The quantitative estimate of drug-likeness (QED) is 0.942. The van der Waals surface area contributed by atoms with Gasteiger partial charge >= 0.3 is 0 Å². The van der Waals surface area contributed by atoms with E-state index < -0.39 is 15.8 Å². The molecule has 0 radical (unpaired) electrons. The van der Waals surface area contributed by atoms with Crippen molar-refractivity contribution < 1.29 is 12.8 Å². The number of sulfonamides is 1. The summed E-state index contributed by atoms with van der Waals surface area (Å²) in [5.74, 6) is 0.0774. The third-order valence-electron chi connectivity index (χ3n) is 2.29. The lowest BCUT2D eigenvalue weighted by Crippen LogP contribution is -2.13. The van der Waals surface area contributed by atoms with Crippen molar-refractivity contribution in [3.05, 3.63) is 35.9 Å². The van der Waals surface area contributed by atoms with Gasteiger partial charge in [-0.2, -0.15) is 4.37 Å². The van der Waals surface area contributed by atoms with E-state index in [1.807, 2.05) is 13.8 Å². The van der Waals surface area contributed by atoms with Gasteiger partial charge in [0.05, 0.1) is 4.90 Å². The van der Waals surface area contributed by atoms with Crippen LogP contribution >= 0.6 is 11.5 Å². The highest BCUT2D eigenvalue weighted by Gasteiger charge is 2.17. The van der Waals surface area contributed by atoms with Gasteiger partial charge in [0, 0.05) is 17.5 Å². The summed E-state index contributed by atoms with van der Waals surface area (Å²) in [5, 5.41) is 0.174. The summed E-state index contributed by atoms with van der Waals surface area (Å²) in [6.07, 6.45) is 0. The first-order chi connectivity index (χ1) is 8.88. The van der Waals surface area contributed by atoms with Crippen molar-refractivity contribution in [1.29, 1.82) is 0 Å². The Morgan fingerprint density at radius 3 is 2.68 bits per heavy atom. The molecule has 1 heterocycles. The Morgan fingerprint density at radius 1 is 1.37 bits per heavy atom. The molecule has 0 saturated carbocycles. The average Bonchev–Trinajstić information content (AvgIpc) is 2.77. The molecular weight excluding hydrogens is 289 g/mol. The molecule has 0 saturated heterocycles. The van der Waals surface area contributed by atoms with Crippen LogP contribution in [0.4, 0.5) is 9.52 Å². The van der Waals surface area contributed by atoms with Crippen LogP contribution in [-0.2, 0) is 10.0 Å². The molecule has 0 bridgehead atoms. The molecule has 8 heteroatoms. The van der Waals surface area contributed by atoms with Crippen molar-refractivity contribution in [2.24, 2.45) is 0 Å². The number of nitrogens with one attached hydrogen (secondary N) is 1. The number of aromatic nitrogens is 2. The van der Waals surface area contributed by atoms with Crippen molar-refractivity contribution >= 4 is 26.7 Å². The van der Waals surface area contributed by atoms with E-state index in [1.54, 1.807) is 0 Å². The zero-order valence-electron chi connectivity index (χ0n) is 10.3. The first-order valence-electron chi connectivity index (χ1n) is 5.50. The Morgan fingerprint density at radius 2 is 2.11 bits per heavy atom. The first kappa shape index (κ1) is 13.9.